The van der Waals surface area contributed by atoms with Crippen molar-refractivity contribution in [1.29, 1.82) is 0 Å². The Kier molecular flexibility index (Phi) is 5.93. The highest BCUT2D eigenvalue weighted by atomic mass is 16.6. The lowest BCUT2D eigenvalue weighted by atomic mass is 10.1. The average molecular weight is 493 g/mol. The number of pyridine rings is 2. The predicted molar refractivity (Wildman–Crippen MR) is 137 cm³/mol. The summed E-state index contributed by atoms with van der Waals surface area (Å²) in [5.41, 5.74) is 2.83. The van der Waals surface area contributed by atoms with Gasteiger partial charge in [-0.3, -0.25) is 9.58 Å². The number of carbonyl (C=O) groups excluding carboxylic acids is 2. The molecule has 3 aromatic heterocycles. The molecule has 2 aliphatic heterocycles. The third kappa shape index (κ3) is 4.65. The van der Waals surface area contributed by atoms with Crippen LogP contribution in [0.15, 0.2) is 30.7 Å². The fourth-order valence-electron chi connectivity index (χ4n) is 4.83. The lowest BCUT2D eigenvalue weighted by molar-refractivity contribution is 0.0159. The van der Waals surface area contributed by atoms with Gasteiger partial charge in [-0.1, -0.05) is 0 Å². The number of anilines is 3. The Labute approximate surface area is 210 Å². The number of urea groups is 1. The minimum absolute atomic E-state index is 0.00638. The normalized spacial score (nSPS) is 17.9. The highest BCUT2D eigenvalue weighted by molar-refractivity contribution is 6.03. The van der Waals surface area contributed by atoms with Crippen LogP contribution < -0.4 is 15.1 Å². The van der Waals surface area contributed by atoms with Gasteiger partial charge in [-0.15, -0.1) is 0 Å². The molecule has 3 amide bonds. The number of hydrogen-bond donors (Lipinski definition) is 1. The summed E-state index contributed by atoms with van der Waals surface area (Å²) in [7, 11) is 1.84. The first-order valence-corrected chi connectivity index (χ1v) is 12.2. The predicted octanol–water partition coefficient (Wildman–Crippen LogP) is 3.40. The molecule has 1 N–H and O–H groups in total. The highest BCUT2D eigenvalue weighted by Gasteiger charge is 2.34. The number of nitrogens with zero attached hydrogens (tertiary/aromatic N) is 7. The largest absolute Gasteiger partial charge is 0.444 e. The van der Waals surface area contributed by atoms with Crippen molar-refractivity contribution >= 4 is 40.4 Å². The molecule has 190 valence electrons. The van der Waals surface area contributed by atoms with E-state index in [9.17, 15) is 9.59 Å². The summed E-state index contributed by atoms with van der Waals surface area (Å²) in [6.07, 6.45) is 5.65. The van der Waals surface area contributed by atoms with E-state index in [4.69, 9.17) is 4.74 Å². The summed E-state index contributed by atoms with van der Waals surface area (Å²) in [6.45, 7) is 10.1. The first-order valence-electron chi connectivity index (χ1n) is 12.2. The van der Waals surface area contributed by atoms with Gasteiger partial charge in [0.05, 0.1) is 11.9 Å². The second kappa shape index (κ2) is 8.96. The quantitative estimate of drug-likeness (QED) is 0.584. The monoisotopic (exact) mass is 492 g/mol. The summed E-state index contributed by atoms with van der Waals surface area (Å²) in [5, 5.41) is 8.07. The van der Waals surface area contributed by atoms with E-state index in [1.54, 1.807) is 26.9 Å². The molecule has 0 unspecified atom stereocenters. The molecule has 1 atom stereocenters. The van der Waals surface area contributed by atoms with Crippen molar-refractivity contribution in [3.63, 3.8) is 0 Å². The lowest BCUT2D eigenvalue weighted by Gasteiger charge is -2.41. The Morgan fingerprint density at radius 1 is 1.17 bits per heavy atom. The molecule has 11 nitrogen and oxygen atoms in total. The molecular formula is C25H32N8O3. The van der Waals surface area contributed by atoms with Crippen molar-refractivity contribution in [2.24, 2.45) is 7.05 Å². The zero-order valence-corrected chi connectivity index (χ0v) is 21.4. The summed E-state index contributed by atoms with van der Waals surface area (Å²) in [5.74, 6) is 0.669. The number of nitrogens with one attached hydrogen (secondary N) is 1. The molecule has 3 aromatic rings. The molecule has 11 heteroatoms. The number of carbonyl (C=O) groups is 2. The Morgan fingerprint density at radius 3 is 2.72 bits per heavy atom. The Hall–Kier alpha value is -3.89. The molecule has 0 bridgehead atoms. The second-order valence-electron chi connectivity index (χ2n) is 10.4. The van der Waals surface area contributed by atoms with E-state index in [0.29, 0.717) is 49.8 Å². The van der Waals surface area contributed by atoms with Crippen molar-refractivity contribution in [3.8, 4) is 0 Å². The second-order valence-corrected chi connectivity index (χ2v) is 10.4. The molecule has 1 fully saturated rings. The van der Waals surface area contributed by atoms with Gasteiger partial charge in [0.1, 0.15) is 11.4 Å². The maximum Gasteiger partial charge on any atom is 0.410 e. The fraction of sp³-hybridized carbons (Fsp3) is 0.480. The third-order valence-corrected chi connectivity index (χ3v) is 6.42. The van der Waals surface area contributed by atoms with Crippen LogP contribution >= 0.6 is 0 Å². The Balaban J connectivity index is 1.29. The number of piperazine rings is 1. The number of rotatable bonds is 2. The van der Waals surface area contributed by atoms with E-state index < -0.39 is 5.60 Å². The highest BCUT2D eigenvalue weighted by Crippen LogP contribution is 2.35. The third-order valence-electron chi connectivity index (χ3n) is 6.42. The summed E-state index contributed by atoms with van der Waals surface area (Å²) >= 11 is 0. The van der Waals surface area contributed by atoms with Gasteiger partial charge in [-0.2, -0.15) is 5.10 Å². The van der Waals surface area contributed by atoms with Gasteiger partial charge < -0.3 is 19.9 Å². The van der Waals surface area contributed by atoms with Crippen molar-refractivity contribution in [3.05, 3.63) is 36.3 Å². The molecule has 36 heavy (non-hydrogen) atoms. The number of hydrogen-bond acceptors (Lipinski definition) is 7. The zero-order valence-electron chi connectivity index (χ0n) is 21.4. The molecule has 0 aliphatic carbocycles. The maximum atomic E-state index is 13.1. The van der Waals surface area contributed by atoms with Gasteiger partial charge in [-0.25, -0.2) is 19.6 Å². The minimum Gasteiger partial charge on any atom is -0.444 e. The molecule has 2 aliphatic rings. The topological polar surface area (TPSA) is 109 Å². The van der Waals surface area contributed by atoms with Gasteiger partial charge in [0, 0.05) is 68.3 Å². The molecular weight excluding hydrogens is 460 g/mol. The van der Waals surface area contributed by atoms with Crippen LogP contribution in [-0.2, 0) is 18.2 Å². The molecule has 0 spiro atoms. The summed E-state index contributed by atoms with van der Waals surface area (Å²) in [4.78, 5) is 40.4. The number of amides is 3. The smallest absolute Gasteiger partial charge is 0.410 e. The molecule has 5 rings (SSSR count). The Bertz CT molecular complexity index is 1310. The maximum absolute atomic E-state index is 13.1. The molecule has 0 radical (unpaired) electrons. The van der Waals surface area contributed by atoms with Crippen LogP contribution in [0, 0.1) is 0 Å². The van der Waals surface area contributed by atoms with E-state index >= 15 is 0 Å². The van der Waals surface area contributed by atoms with Crippen LogP contribution in [0.4, 0.5) is 26.8 Å². The molecule has 0 saturated carbocycles. The summed E-state index contributed by atoms with van der Waals surface area (Å²) in [6, 6.07) is 3.61. The van der Waals surface area contributed by atoms with E-state index in [2.05, 4.69) is 25.3 Å². The van der Waals surface area contributed by atoms with Gasteiger partial charge in [-0.05, 0) is 46.2 Å². The van der Waals surface area contributed by atoms with Crippen LogP contribution in [0.1, 0.15) is 33.3 Å². The van der Waals surface area contributed by atoms with Crippen molar-refractivity contribution in [2.45, 2.75) is 45.8 Å². The van der Waals surface area contributed by atoms with Gasteiger partial charge in [0.2, 0.25) is 0 Å². The first kappa shape index (κ1) is 23.8. The average Bonchev–Trinajstić information content (AvgIpc) is 3.40. The number of aromatic nitrogens is 4. The van der Waals surface area contributed by atoms with Crippen LogP contribution in [0.3, 0.4) is 0 Å². The Morgan fingerprint density at radius 2 is 1.97 bits per heavy atom. The lowest BCUT2D eigenvalue weighted by Crippen LogP contribution is -2.55. The van der Waals surface area contributed by atoms with Crippen molar-refractivity contribution in [1.82, 2.24) is 24.6 Å². The fourth-order valence-corrected chi connectivity index (χ4v) is 4.83. The van der Waals surface area contributed by atoms with Crippen LogP contribution in [-0.4, -0.2) is 74.6 Å². The number of ether oxygens (including phenoxy) is 1. The molecule has 1 saturated heterocycles. The van der Waals surface area contributed by atoms with E-state index in [1.165, 1.54) is 0 Å². The standard InChI is InChI=1S/C25H32N8O3/c1-16-14-31(10-11-32(16)24(35)36-25(2,3)4)20-6-8-26-22-19(20)7-9-33(22)23(34)28-18-12-17-15-30(5)29-21(17)27-13-18/h6,8,12-13,15-16H,7,9-11,14H2,1-5H3,(H,28,34)/t16-/m1/s1. The van der Waals surface area contributed by atoms with E-state index in [1.807, 2.05) is 53.1 Å². The van der Waals surface area contributed by atoms with Gasteiger partial charge in [0.15, 0.2) is 5.65 Å². The van der Waals surface area contributed by atoms with Gasteiger partial charge >= 0.3 is 12.1 Å². The van der Waals surface area contributed by atoms with Crippen LogP contribution in [0.2, 0.25) is 0 Å². The van der Waals surface area contributed by atoms with E-state index in [0.717, 1.165) is 16.6 Å². The van der Waals surface area contributed by atoms with Crippen LogP contribution in [0.5, 0.6) is 0 Å². The van der Waals surface area contributed by atoms with Crippen molar-refractivity contribution in [2.75, 3.05) is 41.3 Å². The zero-order chi connectivity index (χ0) is 25.6. The minimum atomic E-state index is -0.524. The SMILES string of the molecule is C[C@@H]1CN(c2ccnc3c2CCN3C(=O)Nc2cnc3nn(C)cc3c2)CCN1C(=O)OC(C)(C)C. The first-order chi connectivity index (χ1) is 17.1. The number of fused-ring (bicyclic) bond motifs is 2. The molecule has 5 heterocycles. The summed E-state index contributed by atoms with van der Waals surface area (Å²) < 4.78 is 7.27. The van der Waals surface area contributed by atoms with E-state index in [-0.39, 0.29) is 18.2 Å². The van der Waals surface area contributed by atoms with Crippen LogP contribution in [0.25, 0.3) is 11.0 Å². The number of aryl methyl sites for hydroxylation is 1. The molecule has 0 aromatic carbocycles. The van der Waals surface area contributed by atoms with Crippen molar-refractivity contribution < 1.29 is 14.3 Å². The van der Waals surface area contributed by atoms with Gasteiger partial charge in [0.25, 0.3) is 0 Å².